The maximum Gasteiger partial charge on any atom is 1.00 e. The number of aliphatic imine (C=N–C) groups is 1. The zero-order valence-electron chi connectivity index (χ0n) is 32.4. The molecule has 14 nitrogen and oxygen atoms in total. The largest absolute Gasteiger partial charge is 1.00 e. The normalized spacial score (nSPS) is 13.0. The predicted molar refractivity (Wildman–Crippen MR) is 210 cm³/mol. The molecule has 52 heavy (non-hydrogen) atoms. The number of hydrazine groups is 1. The van der Waals surface area contributed by atoms with E-state index >= 15 is 0 Å². The fourth-order valence-corrected chi connectivity index (χ4v) is 8.63. The summed E-state index contributed by atoms with van der Waals surface area (Å²) in [5.41, 5.74) is 6.89. The number of benzene rings is 2. The molecular weight excluding hydrogens is 822 g/mol. The quantitative estimate of drug-likeness (QED) is 0.0619. The van der Waals surface area contributed by atoms with Crippen LogP contribution in [0.25, 0.3) is 0 Å². The fraction of sp³-hybridized carbons (Fsp3) is 0.515. The molecule has 0 atom stereocenters. The van der Waals surface area contributed by atoms with Crippen molar-refractivity contribution in [1.82, 2.24) is 4.90 Å². The Bertz CT molecular complexity index is 1520. The summed E-state index contributed by atoms with van der Waals surface area (Å²) in [5, 5.41) is 11.9. The van der Waals surface area contributed by atoms with E-state index in [2.05, 4.69) is 32.6 Å². The van der Waals surface area contributed by atoms with Gasteiger partial charge in [0.15, 0.2) is 0 Å². The first-order valence-corrected chi connectivity index (χ1v) is 24.8. The first-order chi connectivity index (χ1) is 23.9. The summed E-state index contributed by atoms with van der Waals surface area (Å²) >= 11 is 3.28. The van der Waals surface area contributed by atoms with Crippen LogP contribution in [0, 0.1) is 0 Å². The average Bonchev–Trinajstić information content (AvgIpc) is 3.51. The fourth-order valence-electron chi connectivity index (χ4n) is 4.41. The molecule has 2 aliphatic heterocycles. The number of fused-ring (bicyclic) bond motifs is 2. The maximum atomic E-state index is 12.3. The number of nitrogens with two attached hydrogens (primary N) is 3. The van der Waals surface area contributed by atoms with Crippen LogP contribution in [0.4, 0.5) is 0 Å². The van der Waals surface area contributed by atoms with Crippen molar-refractivity contribution in [2.75, 3.05) is 76.8 Å². The molecule has 2 heterocycles. The van der Waals surface area contributed by atoms with E-state index in [0.29, 0.717) is 48.4 Å². The molecule has 0 saturated carbocycles. The monoisotopic (exact) mass is 876 g/mol. The zero-order chi connectivity index (χ0) is 39.3. The van der Waals surface area contributed by atoms with Gasteiger partial charge in [0.1, 0.15) is 0 Å². The summed E-state index contributed by atoms with van der Waals surface area (Å²) in [4.78, 5) is 39.7. The van der Waals surface area contributed by atoms with Crippen molar-refractivity contribution >= 4 is 61.4 Å². The predicted octanol–water partition coefficient (Wildman–Crippen LogP) is 2.17. The van der Waals surface area contributed by atoms with Gasteiger partial charge in [-0.05, 0) is 96.0 Å². The number of carbonyl (C=O) groups excluding carboxylic acids is 3. The molecule has 2 aliphatic rings. The molecule has 0 aliphatic carbocycles. The van der Waals surface area contributed by atoms with Crippen LogP contribution >= 0.6 is 37.8 Å². The minimum atomic E-state index is -3.14. The third-order valence-corrected chi connectivity index (χ3v) is 12.2. The first kappa shape index (κ1) is 53.4. The van der Waals surface area contributed by atoms with Gasteiger partial charge in [0.2, 0.25) is 0 Å². The van der Waals surface area contributed by atoms with Crippen molar-refractivity contribution in [3.8, 4) is 0 Å². The summed E-state index contributed by atoms with van der Waals surface area (Å²) in [6.07, 6.45) is 4.15. The molecule has 3 amide bonds. The molecule has 0 bridgehead atoms. The van der Waals surface area contributed by atoms with Crippen LogP contribution in [0.5, 0.6) is 0 Å². The van der Waals surface area contributed by atoms with Crippen LogP contribution < -0.4 is 73.9 Å². The van der Waals surface area contributed by atoms with Gasteiger partial charge in [-0.2, -0.15) is 0 Å². The van der Waals surface area contributed by atoms with Gasteiger partial charge in [0, 0.05) is 29.8 Å². The van der Waals surface area contributed by atoms with Crippen LogP contribution in [-0.4, -0.2) is 105 Å². The Morgan fingerprint density at radius 1 is 0.750 bits per heavy atom. The van der Waals surface area contributed by atoms with E-state index < -0.39 is 33.7 Å². The Morgan fingerprint density at radius 2 is 1.17 bits per heavy atom. The number of imide groups is 1. The molecule has 0 radical (unpaired) electrons. The second-order valence-corrected chi connectivity index (χ2v) is 22.0. The van der Waals surface area contributed by atoms with Crippen molar-refractivity contribution in [3.05, 3.63) is 70.8 Å². The van der Waals surface area contributed by atoms with Gasteiger partial charge >= 0.3 is 59.0 Å². The van der Waals surface area contributed by atoms with E-state index in [4.69, 9.17) is 14.8 Å². The molecule has 0 spiro atoms. The second kappa shape index (κ2) is 27.8. The van der Waals surface area contributed by atoms with Gasteiger partial charge in [0.05, 0.1) is 44.8 Å². The number of amides is 3. The molecule has 4 rings (SSSR count). The molecule has 2 aromatic carbocycles. The Morgan fingerprint density at radius 3 is 1.52 bits per heavy atom. The summed E-state index contributed by atoms with van der Waals surface area (Å²) < 4.78 is 44.6. The van der Waals surface area contributed by atoms with Gasteiger partial charge in [-0.1, -0.05) is 46.3 Å². The van der Waals surface area contributed by atoms with E-state index in [1.807, 2.05) is 13.3 Å². The van der Waals surface area contributed by atoms with Crippen LogP contribution in [-0.2, 0) is 22.7 Å². The molecule has 290 valence electrons. The Hall–Kier alpha value is -0.674. The maximum absolute atomic E-state index is 12.3. The topological polar surface area (TPSA) is 238 Å². The number of hydrogen-bond acceptors (Lipinski definition) is 12. The number of hydrogen-bond donors (Lipinski definition) is 3. The number of rotatable bonds is 14. The number of halogens is 1. The van der Waals surface area contributed by atoms with Gasteiger partial charge in [-0.25, -0.2) is 4.99 Å². The number of alkyl halides is 1. The van der Waals surface area contributed by atoms with Crippen molar-refractivity contribution in [2.24, 2.45) is 22.4 Å². The summed E-state index contributed by atoms with van der Waals surface area (Å²) in [7, 11) is -6.61. The van der Waals surface area contributed by atoms with Crippen molar-refractivity contribution in [1.29, 1.82) is 0 Å². The third kappa shape index (κ3) is 20.9. The van der Waals surface area contributed by atoms with Crippen LogP contribution in [0.2, 0.25) is 0 Å². The van der Waals surface area contributed by atoms with Crippen molar-refractivity contribution in [2.45, 2.75) is 33.1 Å². The van der Waals surface area contributed by atoms with Crippen molar-refractivity contribution < 1.29 is 95.0 Å². The van der Waals surface area contributed by atoms with E-state index in [0.717, 1.165) is 30.5 Å². The van der Waals surface area contributed by atoms with Crippen LogP contribution in [0.3, 0.4) is 0 Å². The average molecular weight is 878 g/mol. The smallest absolute Gasteiger partial charge is 1.00 e. The molecule has 19 heteroatoms. The number of nitrogens with zero attached hydrogens (tertiary/aromatic N) is 2. The Labute approximate surface area is 361 Å². The summed E-state index contributed by atoms with van der Waals surface area (Å²) in [5.74, 6) is 6.54. The molecular formula is C33H55BrKN5O9P3-. The SMILES string of the molecule is CCOP(=O)(CCCN1C(=O)c2ccccc2C1=O)OCC.CP(C)(=O)CCCBr.CP(C)(=O)CCCN.NN.O=C1N=C([O-])c2ccccc21.[H-].[K+]. The van der Waals surface area contributed by atoms with E-state index in [1.165, 1.54) is 4.90 Å². The summed E-state index contributed by atoms with van der Waals surface area (Å²) in [6, 6.07) is 13.4. The van der Waals surface area contributed by atoms with Gasteiger partial charge < -0.3 is 30.4 Å². The van der Waals surface area contributed by atoms with E-state index in [9.17, 15) is 33.2 Å². The molecule has 0 fully saturated rings. The number of carbonyl (C=O) groups is 3. The third-order valence-electron chi connectivity index (χ3n) is 6.67. The zero-order valence-corrected chi connectivity index (χ0v) is 38.8. The summed E-state index contributed by atoms with van der Waals surface area (Å²) in [6.45, 7) is 12.2. The molecule has 2 aromatic rings. The molecule has 6 N–H and O–H groups in total. The minimum Gasteiger partial charge on any atom is -1.00 e. The molecule has 0 unspecified atom stereocenters. The van der Waals surface area contributed by atoms with Crippen LogP contribution in [0.15, 0.2) is 53.5 Å². The van der Waals surface area contributed by atoms with Crippen LogP contribution in [0.1, 0.15) is 71.2 Å². The van der Waals surface area contributed by atoms with Gasteiger partial charge in [0.25, 0.3) is 17.7 Å². The van der Waals surface area contributed by atoms with E-state index in [1.54, 1.807) is 75.7 Å². The van der Waals surface area contributed by atoms with Gasteiger partial charge in [-0.15, -0.1) is 0 Å². The van der Waals surface area contributed by atoms with Gasteiger partial charge in [-0.3, -0.25) is 35.5 Å². The standard InChI is InChI=1S/C15H20NO5P.C8H5NO2.C5H12BrOP.C5H14NOP.K.H4N2.H/c1-3-20-22(19,21-4-2)11-7-10-16-14(17)12-8-5-6-9-13(12)15(16)18;10-7-5-3-1-2-4-6(5)8(11)9-7;2*1-8(2,7)5-3-4-6;;1-2;/h5-6,8-9H,3-4,7,10-11H2,1-2H3;1-4H,(H,9,10,11);3-5H2,1-2H3;3-6H2,1-2H3;;1-2H2;/q;;;;+1;;-1/p-1. The Kier molecular flexibility index (Phi) is 28.6. The minimum absolute atomic E-state index is 0. The van der Waals surface area contributed by atoms with E-state index in [-0.39, 0.29) is 77.3 Å². The first-order valence-electron chi connectivity index (χ1n) is 16.3. The Balaban J connectivity index is -0.000000679. The second-order valence-electron chi connectivity index (χ2n) is 11.9. The van der Waals surface area contributed by atoms with Crippen molar-refractivity contribution in [3.63, 3.8) is 0 Å². The molecule has 0 aromatic heterocycles. The molecule has 0 saturated heterocycles.